The van der Waals surface area contributed by atoms with Gasteiger partial charge in [0.1, 0.15) is 11.4 Å². The van der Waals surface area contributed by atoms with Gasteiger partial charge in [0.05, 0.1) is 7.11 Å². The highest BCUT2D eigenvalue weighted by molar-refractivity contribution is 5.76. The van der Waals surface area contributed by atoms with Crippen LogP contribution in [0.15, 0.2) is 28.8 Å². The van der Waals surface area contributed by atoms with E-state index in [1.54, 1.807) is 12.0 Å². The summed E-state index contributed by atoms with van der Waals surface area (Å²) in [6.45, 7) is 9.62. The van der Waals surface area contributed by atoms with Crippen molar-refractivity contribution >= 4 is 12.0 Å². The number of piperazine rings is 1. The predicted octanol–water partition coefficient (Wildman–Crippen LogP) is 2.35. The molecule has 0 bridgehead atoms. The molecule has 0 radical (unpaired) electrons. The van der Waals surface area contributed by atoms with Gasteiger partial charge in [0.2, 0.25) is 17.6 Å². The third kappa shape index (κ3) is 7.74. The van der Waals surface area contributed by atoms with Crippen molar-refractivity contribution in [1.82, 2.24) is 25.3 Å². The van der Waals surface area contributed by atoms with Crippen molar-refractivity contribution in [3.63, 3.8) is 0 Å². The summed E-state index contributed by atoms with van der Waals surface area (Å²) in [5, 5.41) is 6.91. The third-order valence-electron chi connectivity index (χ3n) is 5.16. The largest absolute Gasteiger partial charge is 0.497 e. The molecule has 0 saturated carbocycles. The Morgan fingerprint density at radius 2 is 1.82 bits per heavy atom. The van der Waals surface area contributed by atoms with Gasteiger partial charge in [-0.05, 0) is 45.0 Å². The highest BCUT2D eigenvalue weighted by atomic mass is 16.6. The lowest BCUT2D eigenvalue weighted by Crippen LogP contribution is -2.51. The second-order valence-corrected chi connectivity index (χ2v) is 8.90. The SMILES string of the molecule is COc1ccc(-c2noc(CCC(=O)NCCN3CCN(C(=O)OC(C)(C)C)CC3)n2)cc1. The molecule has 10 nitrogen and oxygen atoms in total. The van der Waals surface area contributed by atoms with Crippen LogP contribution in [0.5, 0.6) is 5.75 Å². The summed E-state index contributed by atoms with van der Waals surface area (Å²) in [5.74, 6) is 1.60. The maximum absolute atomic E-state index is 12.2. The molecule has 33 heavy (non-hydrogen) atoms. The Balaban J connectivity index is 1.32. The zero-order valence-electron chi connectivity index (χ0n) is 19.8. The van der Waals surface area contributed by atoms with Crippen LogP contribution in [0.1, 0.15) is 33.1 Å². The van der Waals surface area contributed by atoms with Gasteiger partial charge in [-0.3, -0.25) is 9.69 Å². The van der Waals surface area contributed by atoms with Gasteiger partial charge in [-0.1, -0.05) is 5.16 Å². The van der Waals surface area contributed by atoms with Crippen LogP contribution in [-0.2, 0) is 16.0 Å². The summed E-state index contributed by atoms with van der Waals surface area (Å²) >= 11 is 0. The van der Waals surface area contributed by atoms with Crippen molar-refractivity contribution in [3.05, 3.63) is 30.2 Å². The van der Waals surface area contributed by atoms with Crippen LogP contribution in [-0.4, -0.2) is 83.9 Å². The Bertz CT molecular complexity index is 914. The molecule has 1 saturated heterocycles. The molecule has 0 atom stereocenters. The number of ether oxygens (including phenoxy) is 2. The van der Waals surface area contributed by atoms with Crippen LogP contribution in [0.25, 0.3) is 11.4 Å². The fraction of sp³-hybridized carbons (Fsp3) is 0.565. The second kappa shape index (κ2) is 11.1. The number of hydrogen-bond donors (Lipinski definition) is 1. The number of amides is 2. The number of nitrogens with zero attached hydrogens (tertiary/aromatic N) is 4. The molecule has 0 unspecified atom stereocenters. The van der Waals surface area contributed by atoms with Crippen LogP contribution in [0, 0.1) is 0 Å². The Morgan fingerprint density at radius 1 is 1.12 bits per heavy atom. The normalized spacial score (nSPS) is 14.7. The van der Waals surface area contributed by atoms with Gasteiger partial charge in [0.15, 0.2) is 0 Å². The summed E-state index contributed by atoms with van der Waals surface area (Å²) in [6, 6.07) is 7.37. The van der Waals surface area contributed by atoms with Crippen LogP contribution in [0.4, 0.5) is 4.79 Å². The molecule has 1 aliphatic rings. The first-order valence-corrected chi connectivity index (χ1v) is 11.2. The van der Waals surface area contributed by atoms with E-state index in [1.807, 2.05) is 45.0 Å². The monoisotopic (exact) mass is 459 g/mol. The Labute approximate surface area is 194 Å². The summed E-state index contributed by atoms with van der Waals surface area (Å²) < 4.78 is 15.8. The first-order chi connectivity index (χ1) is 15.7. The van der Waals surface area contributed by atoms with E-state index in [0.717, 1.165) is 30.9 Å². The van der Waals surface area contributed by atoms with Gasteiger partial charge < -0.3 is 24.2 Å². The number of rotatable bonds is 8. The number of nitrogens with one attached hydrogen (secondary N) is 1. The maximum atomic E-state index is 12.2. The Kier molecular flexibility index (Phi) is 8.26. The van der Waals surface area contributed by atoms with Gasteiger partial charge >= 0.3 is 6.09 Å². The van der Waals surface area contributed by atoms with E-state index in [2.05, 4.69) is 20.4 Å². The highest BCUT2D eigenvalue weighted by Crippen LogP contribution is 2.20. The lowest BCUT2D eigenvalue weighted by Gasteiger charge is -2.35. The minimum atomic E-state index is -0.489. The molecule has 1 N–H and O–H groups in total. The summed E-state index contributed by atoms with van der Waals surface area (Å²) in [7, 11) is 1.61. The van der Waals surface area contributed by atoms with Gasteiger partial charge in [0.25, 0.3) is 0 Å². The first-order valence-electron chi connectivity index (χ1n) is 11.2. The quantitative estimate of drug-likeness (QED) is 0.641. The molecule has 2 amide bonds. The number of benzene rings is 1. The lowest BCUT2D eigenvalue weighted by molar-refractivity contribution is -0.121. The molecule has 2 aromatic rings. The molecule has 0 aliphatic carbocycles. The maximum Gasteiger partial charge on any atom is 0.410 e. The molecule has 1 aromatic heterocycles. The molecule has 1 aliphatic heterocycles. The summed E-state index contributed by atoms with van der Waals surface area (Å²) in [6.07, 6.45) is 0.381. The average Bonchev–Trinajstić information content (AvgIpc) is 3.26. The first kappa shape index (κ1) is 24.5. The fourth-order valence-electron chi connectivity index (χ4n) is 3.36. The van der Waals surface area contributed by atoms with Crippen molar-refractivity contribution in [2.45, 2.75) is 39.2 Å². The highest BCUT2D eigenvalue weighted by Gasteiger charge is 2.25. The molecule has 1 aromatic carbocycles. The number of aromatic nitrogens is 2. The van der Waals surface area contributed by atoms with E-state index in [4.69, 9.17) is 14.0 Å². The molecule has 0 spiro atoms. The molecular weight excluding hydrogens is 426 g/mol. The van der Waals surface area contributed by atoms with E-state index < -0.39 is 5.60 Å². The average molecular weight is 460 g/mol. The summed E-state index contributed by atoms with van der Waals surface area (Å²) in [5.41, 5.74) is 0.332. The molecule has 180 valence electrons. The van der Waals surface area contributed by atoms with E-state index in [-0.39, 0.29) is 18.4 Å². The van der Waals surface area contributed by atoms with Gasteiger partial charge in [-0.25, -0.2) is 4.79 Å². The third-order valence-corrected chi connectivity index (χ3v) is 5.16. The number of methoxy groups -OCH3 is 1. The molecule has 1 fully saturated rings. The van der Waals surface area contributed by atoms with Crippen molar-refractivity contribution in [2.75, 3.05) is 46.4 Å². The zero-order chi connectivity index (χ0) is 23.8. The van der Waals surface area contributed by atoms with E-state index in [0.29, 0.717) is 37.8 Å². The number of hydrogen-bond acceptors (Lipinski definition) is 8. The smallest absolute Gasteiger partial charge is 0.410 e. The van der Waals surface area contributed by atoms with Crippen molar-refractivity contribution in [2.24, 2.45) is 0 Å². The van der Waals surface area contributed by atoms with Gasteiger partial charge in [-0.2, -0.15) is 4.98 Å². The Morgan fingerprint density at radius 3 is 2.45 bits per heavy atom. The Hall–Kier alpha value is -3.14. The topological polar surface area (TPSA) is 110 Å². The number of aryl methyl sites for hydroxylation is 1. The van der Waals surface area contributed by atoms with Crippen molar-refractivity contribution in [1.29, 1.82) is 0 Å². The number of carbonyl (C=O) groups is 2. The van der Waals surface area contributed by atoms with Crippen molar-refractivity contribution < 1.29 is 23.6 Å². The minimum Gasteiger partial charge on any atom is -0.497 e. The zero-order valence-corrected chi connectivity index (χ0v) is 19.8. The van der Waals surface area contributed by atoms with Gasteiger partial charge in [-0.15, -0.1) is 0 Å². The van der Waals surface area contributed by atoms with E-state index in [1.165, 1.54) is 0 Å². The predicted molar refractivity (Wildman–Crippen MR) is 122 cm³/mol. The summed E-state index contributed by atoms with van der Waals surface area (Å²) in [4.78, 5) is 32.6. The molecule has 10 heteroatoms. The lowest BCUT2D eigenvalue weighted by atomic mass is 10.2. The van der Waals surface area contributed by atoms with Crippen LogP contribution in [0.2, 0.25) is 0 Å². The van der Waals surface area contributed by atoms with Crippen molar-refractivity contribution in [3.8, 4) is 17.1 Å². The van der Waals surface area contributed by atoms with E-state index >= 15 is 0 Å². The van der Waals surface area contributed by atoms with Crippen LogP contribution < -0.4 is 10.1 Å². The molecule has 2 heterocycles. The second-order valence-electron chi connectivity index (χ2n) is 8.90. The molecular formula is C23H33N5O5. The number of carbonyl (C=O) groups excluding carboxylic acids is 2. The fourth-order valence-corrected chi connectivity index (χ4v) is 3.36. The standard InChI is InChI=1S/C23H33N5O5/c1-23(2,3)32-22(30)28-15-13-27(14-16-28)12-11-24-19(29)9-10-20-25-21(26-33-20)17-5-7-18(31-4)8-6-17/h5-8H,9-16H2,1-4H3,(H,24,29). The van der Waals surface area contributed by atoms with Gasteiger partial charge in [0, 0.05) is 57.7 Å². The van der Waals surface area contributed by atoms with E-state index in [9.17, 15) is 9.59 Å². The minimum absolute atomic E-state index is 0.0633. The molecule has 3 rings (SSSR count). The van der Waals surface area contributed by atoms with Crippen LogP contribution >= 0.6 is 0 Å². The van der Waals surface area contributed by atoms with Crippen LogP contribution in [0.3, 0.4) is 0 Å².